The van der Waals surface area contributed by atoms with E-state index in [1.54, 1.807) is 6.08 Å². The van der Waals surface area contributed by atoms with E-state index < -0.39 is 5.97 Å². The average molecular weight is 217 g/mol. The second-order valence-electron chi connectivity index (χ2n) is 3.43. The van der Waals surface area contributed by atoms with Gasteiger partial charge >= 0.3 is 5.97 Å². The molecule has 0 saturated heterocycles. The Balaban J connectivity index is 2.74. The van der Waals surface area contributed by atoms with Crippen molar-refractivity contribution >= 4 is 17.7 Å². The van der Waals surface area contributed by atoms with Crippen LogP contribution in [0.1, 0.15) is 5.56 Å². The van der Waals surface area contributed by atoms with Gasteiger partial charge in [-0.15, -0.1) is 6.58 Å². The lowest BCUT2D eigenvalue weighted by Crippen LogP contribution is -2.16. The van der Waals surface area contributed by atoms with Gasteiger partial charge in [0.1, 0.15) is 0 Å². The Hall–Kier alpha value is -2.03. The quantitative estimate of drug-likeness (QED) is 0.608. The third-order valence-electron chi connectivity index (χ3n) is 2.16. The van der Waals surface area contributed by atoms with Gasteiger partial charge in [-0.05, 0) is 23.8 Å². The number of nitrogens with zero attached hydrogens (tertiary/aromatic N) is 1. The number of rotatable bonds is 5. The number of carbonyl (C=O) groups is 1. The van der Waals surface area contributed by atoms with Gasteiger partial charge in [-0.3, -0.25) is 0 Å². The highest BCUT2D eigenvalue weighted by Crippen LogP contribution is 2.14. The Kier molecular flexibility index (Phi) is 4.33. The molecule has 3 nitrogen and oxygen atoms in total. The van der Waals surface area contributed by atoms with Crippen molar-refractivity contribution in [3.63, 3.8) is 0 Å². The molecule has 1 aromatic rings. The van der Waals surface area contributed by atoms with Gasteiger partial charge in [0.2, 0.25) is 0 Å². The molecule has 3 heteroatoms. The van der Waals surface area contributed by atoms with Crippen molar-refractivity contribution in [2.45, 2.75) is 0 Å². The number of anilines is 1. The summed E-state index contributed by atoms with van der Waals surface area (Å²) in [6.07, 6.45) is 4.53. The lowest BCUT2D eigenvalue weighted by molar-refractivity contribution is -0.131. The molecule has 0 unspecified atom stereocenters. The molecule has 0 amide bonds. The summed E-state index contributed by atoms with van der Waals surface area (Å²) in [6.45, 7) is 4.46. The van der Waals surface area contributed by atoms with Crippen LogP contribution in [-0.4, -0.2) is 24.7 Å². The molecule has 1 N–H and O–H groups in total. The van der Waals surface area contributed by atoms with Crippen molar-refractivity contribution in [1.82, 2.24) is 0 Å². The Labute approximate surface area is 95.3 Å². The second-order valence-corrected chi connectivity index (χ2v) is 3.43. The largest absolute Gasteiger partial charge is 0.478 e. The van der Waals surface area contributed by atoms with Crippen LogP contribution in [0.5, 0.6) is 0 Å². The second kappa shape index (κ2) is 5.75. The normalized spacial score (nSPS) is 10.3. The Bertz CT molecular complexity index is 393. The lowest BCUT2D eigenvalue weighted by Gasteiger charge is -2.16. The standard InChI is InChI=1S/C13H15NO2/c1-3-10-14(2)12-7-4-11(5-8-12)6-9-13(15)16/h3-9H,1,10H2,2H3,(H,15,16)/b9-6+. The number of hydrogen-bond donors (Lipinski definition) is 1. The SMILES string of the molecule is C=CCN(C)c1ccc(/C=C/C(=O)O)cc1. The van der Waals surface area contributed by atoms with Crippen LogP contribution in [-0.2, 0) is 4.79 Å². The lowest BCUT2D eigenvalue weighted by atomic mass is 10.2. The molecule has 0 fully saturated rings. The van der Waals surface area contributed by atoms with E-state index in [1.165, 1.54) is 0 Å². The Morgan fingerprint density at radius 2 is 2.06 bits per heavy atom. The molecule has 0 aromatic heterocycles. The zero-order chi connectivity index (χ0) is 12.0. The van der Waals surface area contributed by atoms with E-state index in [0.717, 1.165) is 23.9 Å². The summed E-state index contributed by atoms with van der Waals surface area (Å²) < 4.78 is 0. The number of aliphatic carboxylic acids is 1. The van der Waals surface area contributed by atoms with Gasteiger partial charge in [-0.2, -0.15) is 0 Å². The van der Waals surface area contributed by atoms with Crippen LogP contribution in [0.3, 0.4) is 0 Å². The van der Waals surface area contributed by atoms with Crippen molar-refractivity contribution in [2.75, 3.05) is 18.5 Å². The van der Waals surface area contributed by atoms with Gasteiger partial charge in [0.15, 0.2) is 0 Å². The molecule has 0 aliphatic carbocycles. The molecule has 0 aliphatic rings. The minimum atomic E-state index is -0.937. The van der Waals surface area contributed by atoms with Crippen molar-refractivity contribution in [2.24, 2.45) is 0 Å². The van der Waals surface area contributed by atoms with E-state index in [-0.39, 0.29) is 0 Å². The first kappa shape index (κ1) is 12.0. The van der Waals surface area contributed by atoms with E-state index in [2.05, 4.69) is 11.5 Å². The van der Waals surface area contributed by atoms with Crippen molar-refractivity contribution in [1.29, 1.82) is 0 Å². The van der Waals surface area contributed by atoms with E-state index >= 15 is 0 Å². The van der Waals surface area contributed by atoms with Gasteiger partial charge in [0.25, 0.3) is 0 Å². The fourth-order valence-electron chi connectivity index (χ4n) is 1.31. The van der Waals surface area contributed by atoms with E-state index in [0.29, 0.717) is 0 Å². The summed E-state index contributed by atoms with van der Waals surface area (Å²) in [6, 6.07) is 7.67. The fourth-order valence-corrected chi connectivity index (χ4v) is 1.31. The van der Waals surface area contributed by atoms with Crippen molar-refractivity contribution in [3.8, 4) is 0 Å². The van der Waals surface area contributed by atoms with E-state index in [9.17, 15) is 4.79 Å². The van der Waals surface area contributed by atoms with Crippen LogP contribution < -0.4 is 4.90 Å². The maximum atomic E-state index is 10.3. The predicted molar refractivity (Wildman–Crippen MR) is 66.6 cm³/mol. The number of carboxylic acids is 1. The molecule has 0 saturated carbocycles. The van der Waals surface area contributed by atoms with Crippen LogP contribution in [0.4, 0.5) is 5.69 Å². The zero-order valence-corrected chi connectivity index (χ0v) is 9.26. The average Bonchev–Trinajstić information content (AvgIpc) is 2.27. The topological polar surface area (TPSA) is 40.5 Å². The summed E-state index contributed by atoms with van der Waals surface area (Å²) in [4.78, 5) is 12.4. The van der Waals surface area contributed by atoms with Crippen LogP contribution in [0.2, 0.25) is 0 Å². The molecule has 0 aliphatic heterocycles. The molecular formula is C13H15NO2. The van der Waals surface area contributed by atoms with Gasteiger partial charge in [0, 0.05) is 25.4 Å². The monoisotopic (exact) mass is 217 g/mol. The summed E-state index contributed by atoms with van der Waals surface area (Å²) in [5.41, 5.74) is 1.95. The first-order chi connectivity index (χ1) is 7.63. The van der Waals surface area contributed by atoms with Crippen molar-refractivity contribution in [3.05, 3.63) is 48.6 Å². The zero-order valence-electron chi connectivity index (χ0n) is 9.26. The number of hydrogen-bond acceptors (Lipinski definition) is 2. The Morgan fingerprint density at radius 3 is 2.56 bits per heavy atom. The molecule has 1 aromatic carbocycles. The minimum absolute atomic E-state index is 0.782. The molecule has 0 bridgehead atoms. The summed E-state index contributed by atoms with van der Waals surface area (Å²) in [5, 5.41) is 8.48. The third-order valence-corrected chi connectivity index (χ3v) is 2.16. The third kappa shape index (κ3) is 3.61. The summed E-state index contributed by atoms with van der Waals surface area (Å²) >= 11 is 0. The van der Waals surface area contributed by atoms with Gasteiger partial charge < -0.3 is 10.0 Å². The maximum absolute atomic E-state index is 10.3. The minimum Gasteiger partial charge on any atom is -0.478 e. The van der Waals surface area contributed by atoms with Crippen LogP contribution in [0, 0.1) is 0 Å². The molecule has 0 radical (unpaired) electrons. The molecular weight excluding hydrogens is 202 g/mol. The number of likely N-dealkylation sites (N-methyl/N-ethyl adjacent to an activating group) is 1. The summed E-state index contributed by atoms with van der Waals surface area (Å²) in [7, 11) is 1.98. The molecule has 84 valence electrons. The van der Waals surface area contributed by atoms with Gasteiger partial charge in [-0.1, -0.05) is 18.2 Å². The first-order valence-corrected chi connectivity index (χ1v) is 4.96. The molecule has 1 rings (SSSR count). The molecule has 16 heavy (non-hydrogen) atoms. The van der Waals surface area contributed by atoms with Crippen LogP contribution in [0.25, 0.3) is 6.08 Å². The molecule has 0 atom stereocenters. The highest BCUT2D eigenvalue weighted by atomic mass is 16.4. The highest BCUT2D eigenvalue weighted by Gasteiger charge is 1.97. The van der Waals surface area contributed by atoms with Gasteiger partial charge in [-0.25, -0.2) is 4.79 Å². The summed E-state index contributed by atoms with van der Waals surface area (Å²) in [5.74, 6) is -0.937. The van der Waals surface area contributed by atoms with Crippen LogP contribution >= 0.6 is 0 Å². The first-order valence-electron chi connectivity index (χ1n) is 4.96. The Morgan fingerprint density at radius 1 is 1.44 bits per heavy atom. The molecule has 0 heterocycles. The fraction of sp³-hybridized carbons (Fsp3) is 0.154. The molecule has 0 spiro atoms. The smallest absolute Gasteiger partial charge is 0.328 e. The number of carboxylic acid groups (broad SMARTS) is 1. The number of benzene rings is 1. The highest BCUT2D eigenvalue weighted by molar-refractivity contribution is 5.85. The van der Waals surface area contributed by atoms with Crippen LogP contribution in [0.15, 0.2) is 43.0 Å². The van der Waals surface area contributed by atoms with Crippen molar-refractivity contribution < 1.29 is 9.90 Å². The maximum Gasteiger partial charge on any atom is 0.328 e. The van der Waals surface area contributed by atoms with E-state index in [4.69, 9.17) is 5.11 Å². The predicted octanol–water partition coefficient (Wildman–Crippen LogP) is 2.41. The van der Waals surface area contributed by atoms with E-state index in [1.807, 2.05) is 37.4 Å². The van der Waals surface area contributed by atoms with Gasteiger partial charge in [0.05, 0.1) is 0 Å².